The summed E-state index contributed by atoms with van der Waals surface area (Å²) >= 11 is 0. The van der Waals surface area contributed by atoms with Gasteiger partial charge in [0.1, 0.15) is 18.4 Å². The van der Waals surface area contributed by atoms with Crippen LogP contribution in [0.4, 0.5) is 13.2 Å². The second-order valence-corrected chi connectivity index (χ2v) is 7.79. The lowest BCUT2D eigenvalue weighted by Gasteiger charge is -2.18. The molecule has 10 heteroatoms. The summed E-state index contributed by atoms with van der Waals surface area (Å²) in [5.74, 6) is -1.68. The zero-order valence-electron chi connectivity index (χ0n) is 18.2. The number of alkyl halides is 3. The van der Waals surface area contributed by atoms with Gasteiger partial charge in [0.25, 0.3) is 5.91 Å². The van der Waals surface area contributed by atoms with Crippen molar-refractivity contribution in [3.63, 3.8) is 0 Å². The number of hydrogen-bond acceptors (Lipinski definition) is 4. The van der Waals surface area contributed by atoms with E-state index in [2.05, 4.69) is 15.3 Å². The first kappa shape index (κ1) is 23.8. The lowest BCUT2D eigenvalue weighted by molar-refractivity contribution is -0.139. The van der Waals surface area contributed by atoms with E-state index in [-0.39, 0.29) is 24.3 Å². The summed E-state index contributed by atoms with van der Waals surface area (Å²) < 4.78 is 44.5. The van der Waals surface area contributed by atoms with Crippen molar-refractivity contribution < 1.29 is 32.6 Å². The number of benzene rings is 3. The second-order valence-electron chi connectivity index (χ2n) is 7.79. The van der Waals surface area contributed by atoms with Crippen LogP contribution in [0, 0.1) is 0 Å². The highest BCUT2D eigenvalue weighted by Crippen LogP contribution is 2.32. The van der Waals surface area contributed by atoms with Gasteiger partial charge in [-0.05, 0) is 29.1 Å². The maximum atomic E-state index is 13.1. The number of amides is 1. The molecule has 1 heterocycles. The molecule has 35 heavy (non-hydrogen) atoms. The van der Waals surface area contributed by atoms with Gasteiger partial charge in [-0.15, -0.1) is 0 Å². The summed E-state index contributed by atoms with van der Waals surface area (Å²) in [6.07, 6.45) is -1.57. The zero-order valence-corrected chi connectivity index (χ0v) is 18.2. The van der Waals surface area contributed by atoms with Crippen LogP contribution in [0.15, 0.2) is 73.2 Å². The third kappa shape index (κ3) is 5.60. The van der Waals surface area contributed by atoms with Gasteiger partial charge in [0.2, 0.25) is 0 Å². The van der Waals surface area contributed by atoms with E-state index in [1.54, 1.807) is 18.2 Å². The molecule has 1 atom stereocenters. The minimum absolute atomic E-state index is 0.00357. The number of nitrogens with one attached hydrogen (secondary N) is 2. The Bertz CT molecular complexity index is 1340. The van der Waals surface area contributed by atoms with Crippen LogP contribution >= 0.6 is 0 Å². The molecule has 7 nitrogen and oxygen atoms in total. The molecule has 0 radical (unpaired) electrons. The molecule has 0 fully saturated rings. The fourth-order valence-corrected chi connectivity index (χ4v) is 3.58. The molecule has 4 aromatic rings. The number of imidazole rings is 1. The van der Waals surface area contributed by atoms with E-state index in [1.807, 2.05) is 12.1 Å². The van der Waals surface area contributed by atoms with Crippen molar-refractivity contribution in [2.75, 3.05) is 0 Å². The number of ether oxygens (including phenoxy) is 1. The van der Waals surface area contributed by atoms with Gasteiger partial charge in [-0.1, -0.05) is 42.5 Å². The number of aromatic nitrogens is 2. The van der Waals surface area contributed by atoms with Gasteiger partial charge in [-0.2, -0.15) is 13.2 Å². The van der Waals surface area contributed by atoms with Crippen LogP contribution in [-0.2, 0) is 24.0 Å². The van der Waals surface area contributed by atoms with Crippen molar-refractivity contribution >= 4 is 22.6 Å². The number of H-pyrrole nitrogens is 1. The third-order valence-electron chi connectivity index (χ3n) is 5.37. The van der Waals surface area contributed by atoms with Crippen LogP contribution < -0.4 is 10.1 Å². The fraction of sp³-hybridized carbons (Fsp3) is 0.160. The first-order valence-electron chi connectivity index (χ1n) is 10.5. The molecule has 3 aromatic carbocycles. The summed E-state index contributed by atoms with van der Waals surface area (Å²) in [5.41, 5.74) is 0.338. The predicted octanol–water partition coefficient (Wildman–Crippen LogP) is 4.59. The van der Waals surface area contributed by atoms with E-state index in [9.17, 15) is 27.9 Å². The molecule has 1 unspecified atom stereocenters. The lowest BCUT2D eigenvalue weighted by Crippen LogP contribution is -2.42. The highest BCUT2D eigenvalue weighted by atomic mass is 19.4. The van der Waals surface area contributed by atoms with Crippen LogP contribution in [0.2, 0.25) is 0 Å². The normalized spacial score (nSPS) is 12.3. The maximum absolute atomic E-state index is 13.1. The van der Waals surface area contributed by atoms with Gasteiger partial charge in [0.05, 0.1) is 17.5 Å². The van der Waals surface area contributed by atoms with Gasteiger partial charge in [0.15, 0.2) is 0 Å². The number of fused-ring (bicyclic) bond motifs is 1. The summed E-state index contributed by atoms with van der Waals surface area (Å²) in [5, 5.41) is 13.5. The number of carbonyl (C=O) groups excluding carboxylic acids is 1. The van der Waals surface area contributed by atoms with E-state index in [4.69, 9.17) is 4.74 Å². The van der Waals surface area contributed by atoms with E-state index < -0.39 is 29.7 Å². The highest BCUT2D eigenvalue weighted by Gasteiger charge is 2.30. The van der Waals surface area contributed by atoms with Gasteiger partial charge in [-0.25, -0.2) is 9.78 Å². The van der Waals surface area contributed by atoms with Crippen molar-refractivity contribution in [2.24, 2.45) is 0 Å². The van der Waals surface area contributed by atoms with Crippen molar-refractivity contribution in [3.05, 3.63) is 95.6 Å². The maximum Gasteiger partial charge on any atom is 0.416 e. The average Bonchev–Trinajstić information content (AvgIpc) is 3.34. The number of nitrogens with zero attached hydrogens (tertiary/aromatic N) is 1. The zero-order chi connectivity index (χ0) is 25.0. The molecule has 1 aromatic heterocycles. The number of carboxylic acids is 1. The largest absolute Gasteiger partial charge is 0.487 e. The third-order valence-corrected chi connectivity index (χ3v) is 5.37. The van der Waals surface area contributed by atoms with Crippen molar-refractivity contribution in [1.82, 2.24) is 15.3 Å². The van der Waals surface area contributed by atoms with Gasteiger partial charge in [0, 0.05) is 23.7 Å². The number of aromatic amines is 1. The summed E-state index contributed by atoms with van der Waals surface area (Å²) in [6.45, 7) is -0.0943. The molecular formula is C25H20F3N3O4. The molecule has 0 saturated heterocycles. The molecule has 0 aliphatic heterocycles. The molecule has 0 spiro atoms. The number of rotatable bonds is 8. The van der Waals surface area contributed by atoms with E-state index in [0.29, 0.717) is 16.6 Å². The van der Waals surface area contributed by atoms with Crippen LogP contribution in [-0.4, -0.2) is 33.0 Å². The monoisotopic (exact) mass is 483 g/mol. The minimum atomic E-state index is -4.45. The van der Waals surface area contributed by atoms with E-state index >= 15 is 0 Å². The van der Waals surface area contributed by atoms with Crippen LogP contribution in [0.1, 0.15) is 27.2 Å². The molecular weight excluding hydrogens is 463 g/mol. The molecule has 0 bridgehead atoms. The Balaban J connectivity index is 1.60. The van der Waals surface area contributed by atoms with Crippen molar-refractivity contribution in [2.45, 2.75) is 25.2 Å². The van der Waals surface area contributed by atoms with Crippen molar-refractivity contribution in [3.8, 4) is 5.75 Å². The molecule has 3 N–H and O–H groups in total. The average molecular weight is 483 g/mol. The molecule has 1 amide bonds. The Hall–Kier alpha value is -4.34. The molecule has 0 saturated carbocycles. The van der Waals surface area contributed by atoms with Gasteiger partial charge < -0.3 is 20.1 Å². The van der Waals surface area contributed by atoms with Gasteiger partial charge in [-0.3, -0.25) is 4.79 Å². The highest BCUT2D eigenvalue weighted by molar-refractivity contribution is 6.04. The summed E-state index contributed by atoms with van der Waals surface area (Å²) in [7, 11) is 0. The smallest absolute Gasteiger partial charge is 0.416 e. The van der Waals surface area contributed by atoms with Crippen LogP contribution in [0.5, 0.6) is 5.75 Å². The van der Waals surface area contributed by atoms with Crippen LogP contribution in [0.25, 0.3) is 10.8 Å². The minimum Gasteiger partial charge on any atom is -0.487 e. The molecule has 0 aliphatic carbocycles. The number of hydrogen-bond donors (Lipinski definition) is 3. The SMILES string of the molecule is O=C(NC(Cc1cnc[nH]1)C(=O)O)c1ccc2ccccc2c1OCc1ccc(C(F)(F)F)cc1. The fourth-order valence-electron chi connectivity index (χ4n) is 3.58. The first-order chi connectivity index (χ1) is 16.7. The molecule has 0 aliphatic rings. The van der Waals surface area contributed by atoms with Crippen LogP contribution in [0.3, 0.4) is 0 Å². The Morgan fingerprint density at radius 3 is 2.46 bits per heavy atom. The van der Waals surface area contributed by atoms with Crippen molar-refractivity contribution in [1.29, 1.82) is 0 Å². The van der Waals surface area contributed by atoms with Gasteiger partial charge >= 0.3 is 12.1 Å². The topological polar surface area (TPSA) is 104 Å². The van der Waals surface area contributed by atoms with E-state index in [1.165, 1.54) is 30.7 Å². The number of aliphatic carboxylic acids is 1. The quantitative estimate of drug-likeness (QED) is 0.340. The summed E-state index contributed by atoms with van der Waals surface area (Å²) in [4.78, 5) is 31.5. The summed E-state index contributed by atoms with van der Waals surface area (Å²) in [6, 6.07) is 13.7. The Labute approximate surface area is 197 Å². The number of carboxylic acid groups (broad SMARTS) is 1. The van der Waals surface area contributed by atoms with E-state index in [0.717, 1.165) is 17.5 Å². The Morgan fingerprint density at radius 2 is 1.80 bits per heavy atom. The molecule has 180 valence electrons. The predicted molar refractivity (Wildman–Crippen MR) is 121 cm³/mol. The standard InChI is InChI=1S/C25H20F3N3O4/c26-25(27,28)17-8-5-15(6-9-17)13-35-22-19-4-2-1-3-16(19)7-10-20(22)23(32)31-21(24(33)34)11-18-12-29-14-30-18/h1-10,12,14,21H,11,13H2,(H,29,30)(H,31,32)(H,33,34). The Kier molecular flexibility index (Phi) is 6.72. The first-order valence-corrected chi connectivity index (χ1v) is 10.5. The lowest BCUT2D eigenvalue weighted by atomic mass is 10.0. The Morgan fingerprint density at radius 1 is 1.06 bits per heavy atom. The number of carbonyl (C=O) groups is 2. The number of halogens is 3. The molecule has 4 rings (SSSR count). The second kappa shape index (κ2) is 9.88.